The van der Waals surface area contributed by atoms with Gasteiger partial charge in [-0.2, -0.15) is 0 Å². The van der Waals surface area contributed by atoms with E-state index < -0.39 is 209 Å². The fraction of sp³-hybridized carbons (Fsp3) is 0.519. The van der Waals surface area contributed by atoms with Crippen molar-refractivity contribution < 1.29 is 89.1 Å². The number of ketones is 2. The maximum absolute atomic E-state index is 15.4. The fourth-order valence-corrected chi connectivity index (χ4v) is 15.5. The van der Waals surface area contributed by atoms with Gasteiger partial charge in [0.1, 0.15) is 69.1 Å². The topological polar surface area (TPSA) is 355 Å². The number of benzene rings is 2. The first-order valence-corrected chi connectivity index (χ1v) is 25.8. The second kappa shape index (κ2) is 16.9. The molecule has 4 saturated heterocycles. The molecule has 410 valence electrons. The second-order valence-electron chi connectivity index (χ2n) is 22.3. The number of phenolic OH excluding ortho intramolecular Hbond substituents is 4. The van der Waals surface area contributed by atoms with Crippen LogP contribution in [-0.4, -0.2) is 185 Å². The van der Waals surface area contributed by atoms with Crippen molar-refractivity contribution in [3.8, 4) is 23.0 Å². The first kappa shape index (κ1) is 52.1. The Bertz CT molecular complexity index is 3180. The Morgan fingerprint density at radius 2 is 0.923 bits per heavy atom. The molecular weight excluding hydrogens is 1020 g/mol. The summed E-state index contributed by atoms with van der Waals surface area (Å²) in [6.45, 7) is 6.59. The molecule has 16 atom stereocenters. The van der Waals surface area contributed by atoms with Crippen molar-refractivity contribution in [2.24, 2.45) is 11.8 Å². The summed E-state index contributed by atoms with van der Waals surface area (Å²) in [4.78, 5) is 41.5. The second-order valence-corrected chi connectivity index (χ2v) is 22.3. The van der Waals surface area contributed by atoms with Crippen LogP contribution in [0.4, 0.5) is 0 Å². The third-order valence-corrected chi connectivity index (χ3v) is 18.2. The summed E-state index contributed by atoms with van der Waals surface area (Å²) in [5.41, 5.74) is -12.0. The van der Waals surface area contributed by atoms with Crippen LogP contribution in [0, 0.1) is 22.6 Å². The molecule has 4 heterocycles. The summed E-state index contributed by atoms with van der Waals surface area (Å²) in [7, 11) is 7.00. The zero-order chi connectivity index (χ0) is 56.1. The van der Waals surface area contributed by atoms with Crippen molar-refractivity contribution in [2.45, 2.75) is 137 Å². The molecule has 6 fully saturated rings. The van der Waals surface area contributed by atoms with Crippen LogP contribution in [0.15, 0.2) is 80.2 Å². The summed E-state index contributed by atoms with van der Waals surface area (Å²) < 4.78 is 41.6. The number of likely N-dealkylation sites (N-methyl/N-ethyl adjacent to an activating group) is 2. The van der Waals surface area contributed by atoms with E-state index >= 15 is 9.59 Å². The molecule has 2 saturated carbocycles. The van der Waals surface area contributed by atoms with Crippen molar-refractivity contribution in [2.75, 3.05) is 28.2 Å². The third kappa shape index (κ3) is 6.17. The molecule has 10 N–H and O–H groups in total. The Labute approximate surface area is 444 Å². The molecule has 4 aliphatic heterocycles. The third-order valence-electron chi connectivity index (χ3n) is 18.2. The maximum Gasteiger partial charge on any atom is 0.403 e. The van der Waals surface area contributed by atoms with Crippen LogP contribution in [0.5, 0.6) is 23.0 Å². The number of nitrogens with zero attached hydrogens (tertiary/aromatic N) is 6. The minimum Gasteiger partial charge on any atom is -0.507 e. The van der Waals surface area contributed by atoms with Crippen molar-refractivity contribution in [3.05, 3.63) is 112 Å². The van der Waals surface area contributed by atoms with E-state index in [2.05, 4.69) is 9.95 Å². The molecule has 78 heavy (non-hydrogen) atoms. The van der Waals surface area contributed by atoms with E-state index in [4.69, 9.17) is 28.4 Å². The summed E-state index contributed by atoms with van der Waals surface area (Å²) in [6.07, 6.45) is -11.1. The number of aliphatic hydroxyl groups excluding tert-OH is 4. The first-order valence-electron chi connectivity index (χ1n) is 25.8. The largest absolute Gasteiger partial charge is 0.507 e. The van der Waals surface area contributed by atoms with Crippen LogP contribution < -0.4 is 0 Å². The van der Waals surface area contributed by atoms with Crippen LogP contribution in [0.1, 0.15) is 85.2 Å². The Morgan fingerprint density at radius 1 is 0.590 bits per heavy atom. The van der Waals surface area contributed by atoms with E-state index in [0.717, 1.165) is 24.3 Å². The summed E-state index contributed by atoms with van der Waals surface area (Å²) in [5, 5.41) is 144. The molecule has 0 bridgehead atoms. The summed E-state index contributed by atoms with van der Waals surface area (Å²) in [6, 6.07) is 2.97. The van der Waals surface area contributed by atoms with E-state index in [1.54, 1.807) is 65.7 Å². The van der Waals surface area contributed by atoms with Gasteiger partial charge >= 0.3 is 11.4 Å². The predicted octanol–water partition coefficient (Wildman–Crippen LogP) is 3.59. The maximum atomic E-state index is 15.4. The number of carbonyl (C=O) groups excluding carboxylic acids is 2. The molecule has 2 aromatic carbocycles. The van der Waals surface area contributed by atoms with Crippen LogP contribution in [0.25, 0.3) is 21.5 Å². The van der Waals surface area contributed by atoms with Crippen molar-refractivity contribution >= 4 is 23.1 Å². The predicted molar refractivity (Wildman–Crippen MR) is 265 cm³/mol. The van der Waals surface area contributed by atoms with E-state index in [1.807, 2.05) is 0 Å². The van der Waals surface area contributed by atoms with Gasteiger partial charge in [-0.3, -0.25) is 9.59 Å². The molecule has 0 unspecified atom stereocenters. The fourth-order valence-electron chi connectivity index (χ4n) is 15.5. The highest BCUT2D eigenvalue weighted by Crippen LogP contribution is 2.77. The monoisotopic (exact) mass is 1080 g/mol. The lowest BCUT2D eigenvalue weighted by atomic mass is 9.56. The number of diazo groups is 2. The van der Waals surface area contributed by atoms with Crippen molar-refractivity contribution in [3.63, 3.8) is 0 Å². The first-order chi connectivity index (χ1) is 36.8. The minimum absolute atomic E-state index is 0.218. The molecular formula is C54H58N6O18+2. The van der Waals surface area contributed by atoms with Gasteiger partial charge in [-0.1, -0.05) is 13.8 Å². The van der Waals surface area contributed by atoms with E-state index in [-0.39, 0.29) is 36.8 Å². The molecule has 0 radical (unpaired) electrons. The van der Waals surface area contributed by atoms with E-state index in [1.165, 1.54) is 0 Å². The molecule has 0 spiro atoms. The van der Waals surface area contributed by atoms with Gasteiger partial charge in [0.2, 0.25) is 22.4 Å². The number of hydrogen-bond acceptors (Lipinski definition) is 22. The van der Waals surface area contributed by atoms with Gasteiger partial charge in [-0.15, -0.1) is 0 Å². The normalized spacial score (nSPS) is 39.1. The van der Waals surface area contributed by atoms with Crippen LogP contribution in [-0.2, 0) is 28.4 Å². The van der Waals surface area contributed by atoms with Crippen LogP contribution in [0.3, 0.4) is 0 Å². The number of carbonyl (C=O) groups is 2. The zero-order valence-electron chi connectivity index (χ0n) is 43.5. The number of ether oxygens (including phenoxy) is 6. The average Bonchev–Trinajstić information content (AvgIpc) is 1.58. The smallest absolute Gasteiger partial charge is 0.403 e. The summed E-state index contributed by atoms with van der Waals surface area (Å²) in [5.74, 6) is -16.1. The quantitative estimate of drug-likeness (QED) is 0.133. The van der Waals surface area contributed by atoms with Crippen molar-refractivity contribution in [1.29, 1.82) is 10.8 Å². The van der Waals surface area contributed by atoms with Crippen LogP contribution in [0.2, 0.25) is 0 Å². The highest BCUT2D eigenvalue weighted by Gasteiger charge is 2.89. The van der Waals surface area contributed by atoms with E-state index in [0.29, 0.717) is 0 Å². The van der Waals surface area contributed by atoms with Gasteiger partial charge < -0.3 is 89.3 Å². The van der Waals surface area contributed by atoms with Gasteiger partial charge in [0, 0.05) is 24.0 Å². The van der Waals surface area contributed by atoms with Gasteiger partial charge in [0.25, 0.3) is 0 Å². The number of fused-ring (bicyclic) bond motifs is 8. The van der Waals surface area contributed by atoms with Gasteiger partial charge in [0.15, 0.2) is 34.1 Å². The Hall–Kier alpha value is -6.62. The molecule has 10 aliphatic rings. The molecule has 6 aliphatic carbocycles. The lowest BCUT2D eigenvalue weighted by molar-refractivity contribution is -0.348. The molecule has 0 amide bonds. The highest BCUT2D eigenvalue weighted by atomic mass is 16.7. The van der Waals surface area contributed by atoms with E-state index in [9.17, 15) is 61.9 Å². The zero-order valence-corrected chi connectivity index (χ0v) is 43.5. The number of hydrogen-bond donors (Lipinski definition) is 10. The minimum atomic E-state index is -2.99. The van der Waals surface area contributed by atoms with Crippen LogP contribution >= 0.6 is 0 Å². The molecule has 12 rings (SSSR count). The number of aliphatic hydroxyl groups is 6. The average molecular weight is 1080 g/mol. The van der Waals surface area contributed by atoms with Gasteiger partial charge in [-0.05, 0) is 79.1 Å². The Balaban J connectivity index is 1.18. The number of Topliss-reactive ketones (excluding diaryl/α,β-unsaturated/α-hetero) is 2. The molecule has 2 aromatic rings. The molecule has 0 aromatic heterocycles. The van der Waals surface area contributed by atoms with Crippen molar-refractivity contribution in [1.82, 2.24) is 9.80 Å². The standard InChI is InChI=1S/C54H56N6O18/c1-9-51-47-48-52(10-2,50(76-26-16-24(66)42(60(7)8)18(4)74-26)36-38(54(48,72)77-51)32-34(40(36)58-56)46(70)30-22(64)14-12-20(62)28(30)44(32)68)78-53(47,71)37-31-33(45(69)29-21(63)13-11-19(61)27(29)43(31)67)39(57-55)35(37)49(51)75-25-15-23(65)41(59(5)6)17(3)73-25/h11-14,17-18,23-26,41-42,47-50,55-56,65-66,71-72H,9-10,15-16H2,1-8H3,(H2,67,68,69,70)/p+2/t17-,18-,23-,24-,25+,26+,41-,42-,47+,48+,49+,50+,51-,52-,53-,54-/m0/s1. The SMILES string of the molecule is CC[C@@]12O[C@@]3(O)C4=C5C(=O)c6c(O)ccc(O)c6C(O)=C5C([N+]#N)=C4[C@@H](O[C@@H]4C[C@H](O)[C@@H](N(C)C)[C@H](C)O4)[C@@]4(CC)O[C@@](O)(C5=C6C(=O)c7c(O)ccc(O)c7C(O)=C6C([N+]#N)=C5[C@H]1O[C@@H]1C[C@H](O)[C@@H](N(C)C)[C@H](C)O1)[C@@H]2[C@H]43. The number of aromatic hydroxyl groups is 4. The lowest BCUT2D eigenvalue weighted by Crippen LogP contribution is -2.65. The lowest BCUT2D eigenvalue weighted by Gasteiger charge is -2.54. The highest BCUT2D eigenvalue weighted by molar-refractivity contribution is 6.24. The Kier molecular flexibility index (Phi) is 11.3. The Morgan fingerprint density at radius 3 is 1.22 bits per heavy atom. The van der Waals surface area contributed by atoms with Gasteiger partial charge in [0.05, 0.1) is 92.9 Å². The molecule has 24 heteroatoms. The van der Waals surface area contributed by atoms with Gasteiger partial charge in [-0.25, -0.2) is 0 Å². The number of phenols is 4. The number of rotatable bonds is 8. The summed E-state index contributed by atoms with van der Waals surface area (Å²) >= 11 is 0. The molecule has 24 nitrogen and oxygen atoms in total. The number of allylic oxidation sites excluding steroid dienone is 2.